The number of morpholine rings is 1. The summed E-state index contributed by atoms with van der Waals surface area (Å²) in [5, 5.41) is 31.7. The number of benzene rings is 2. The quantitative estimate of drug-likeness (QED) is 0.0645. The van der Waals surface area contributed by atoms with Gasteiger partial charge in [0, 0.05) is 45.7 Å². The summed E-state index contributed by atoms with van der Waals surface area (Å²) in [6.45, 7) is 19.6. The van der Waals surface area contributed by atoms with Crippen LogP contribution in [-0.4, -0.2) is 81.5 Å². The average Bonchev–Trinajstić information content (AvgIpc) is 3.60. The van der Waals surface area contributed by atoms with Crippen LogP contribution < -0.4 is 20.6 Å². The number of nitrogens with zero attached hydrogens (tertiary/aromatic N) is 4. The number of rotatable bonds is 15. The monoisotopic (exact) mass is 782 g/mol. The summed E-state index contributed by atoms with van der Waals surface area (Å²) >= 11 is 0. The summed E-state index contributed by atoms with van der Waals surface area (Å²) in [5.41, 5.74) is 0.184. The third-order valence-corrected chi connectivity index (χ3v) is 18.1. The van der Waals surface area contributed by atoms with Gasteiger partial charge in [-0.1, -0.05) is 101 Å². The molecular weight excluding hydrogens is 721 g/mol. The molecule has 0 radical (unpaired) electrons. The van der Waals surface area contributed by atoms with E-state index in [1.165, 1.54) is 16.6 Å². The van der Waals surface area contributed by atoms with Crippen LogP contribution in [0.2, 0.25) is 30.7 Å². The van der Waals surface area contributed by atoms with Crippen LogP contribution >= 0.6 is 0 Å². The molecular formula is C43H62N6O4Si2. The molecule has 0 spiro atoms. The van der Waals surface area contributed by atoms with Crippen molar-refractivity contribution in [2.75, 3.05) is 43.2 Å². The lowest BCUT2D eigenvalue weighted by Crippen LogP contribution is -2.67. The summed E-state index contributed by atoms with van der Waals surface area (Å²) in [5.74, 6) is 2.30. The van der Waals surface area contributed by atoms with Crippen molar-refractivity contribution in [2.45, 2.75) is 102 Å². The first-order valence-electron chi connectivity index (χ1n) is 20.0. The highest BCUT2D eigenvalue weighted by molar-refractivity contribution is 6.99. The summed E-state index contributed by atoms with van der Waals surface area (Å²) in [7, 11) is -3.91. The van der Waals surface area contributed by atoms with Gasteiger partial charge in [-0.25, -0.2) is 9.67 Å². The molecule has 1 saturated heterocycles. The molecule has 0 amide bonds. The molecule has 0 bridgehead atoms. The minimum absolute atomic E-state index is 0.104. The number of aliphatic hydroxyl groups is 1. The van der Waals surface area contributed by atoms with Crippen LogP contribution in [0.5, 0.6) is 0 Å². The molecule has 3 heterocycles. The highest BCUT2D eigenvalue weighted by Gasteiger charge is 2.50. The Morgan fingerprint density at radius 1 is 1.02 bits per heavy atom. The number of aromatic nitrogens is 3. The van der Waals surface area contributed by atoms with Gasteiger partial charge in [0.15, 0.2) is 0 Å². The number of anilines is 3. The van der Waals surface area contributed by atoms with Gasteiger partial charge in [0.05, 0.1) is 31.1 Å². The molecule has 6 rings (SSSR count). The molecule has 4 aromatic rings. The van der Waals surface area contributed by atoms with Crippen LogP contribution in [0.25, 0.3) is 0 Å². The van der Waals surface area contributed by atoms with E-state index in [1.807, 2.05) is 12.1 Å². The molecule has 1 atom stereocenters. The molecule has 2 aliphatic rings. The maximum atomic E-state index is 12.6. The van der Waals surface area contributed by atoms with Crippen LogP contribution in [0.1, 0.15) is 64.5 Å². The van der Waals surface area contributed by atoms with Crippen molar-refractivity contribution in [3.8, 4) is 0 Å². The van der Waals surface area contributed by atoms with Gasteiger partial charge in [-0.05, 0) is 71.6 Å². The molecule has 2 aromatic heterocycles. The van der Waals surface area contributed by atoms with Crippen molar-refractivity contribution in [3.63, 3.8) is 0 Å². The maximum Gasteiger partial charge on any atom is 0.261 e. The van der Waals surface area contributed by atoms with Crippen LogP contribution in [0, 0.1) is 11.3 Å². The van der Waals surface area contributed by atoms with Crippen LogP contribution in [0.15, 0.2) is 79.0 Å². The Hall–Kier alpha value is -3.66. The Morgan fingerprint density at radius 2 is 1.67 bits per heavy atom. The van der Waals surface area contributed by atoms with Crippen LogP contribution in [0.3, 0.4) is 0 Å². The van der Waals surface area contributed by atoms with E-state index in [2.05, 4.69) is 123 Å². The second-order valence-corrected chi connectivity index (χ2v) is 27.6. The topological polar surface area (TPSA) is 118 Å². The lowest BCUT2D eigenvalue weighted by atomic mass is 9.74. The molecule has 2 fully saturated rings. The van der Waals surface area contributed by atoms with Crippen molar-refractivity contribution in [1.29, 1.82) is 5.41 Å². The largest absolute Gasteiger partial charge is 0.407 e. The van der Waals surface area contributed by atoms with E-state index < -0.39 is 22.0 Å². The Morgan fingerprint density at radius 3 is 2.25 bits per heavy atom. The molecule has 0 unspecified atom stereocenters. The SMILES string of the molecule is C[C@@H]1COCCN1c1cc(C2(O)CCC(CO[Si](c3ccccc3)(c3ccccc3)C(C)(C)C)CC2)c(C=N)c(Nc2ccnn2COCC[Si](C)(C)C)n1. The maximum absolute atomic E-state index is 12.6. The summed E-state index contributed by atoms with van der Waals surface area (Å²) in [6, 6.07) is 26.7. The molecule has 1 aliphatic heterocycles. The van der Waals surface area contributed by atoms with E-state index >= 15 is 0 Å². The molecule has 2 aromatic carbocycles. The summed E-state index contributed by atoms with van der Waals surface area (Å²) in [6.07, 6.45) is 5.81. The number of ether oxygens (including phenoxy) is 2. The van der Waals surface area contributed by atoms with Crippen molar-refractivity contribution in [1.82, 2.24) is 14.8 Å². The lowest BCUT2D eigenvalue weighted by molar-refractivity contribution is -0.0203. The second kappa shape index (κ2) is 17.2. The smallest absolute Gasteiger partial charge is 0.261 e. The standard InChI is InChI=1S/C43H62N6O4Si2/c1-33-30-51-25-24-48(33)40-28-38(37(29-44)41(47-40)46-39-20-23-45-49(39)32-52-26-27-54(5,6)7)43(50)21-18-34(19-22-43)31-53-55(42(2,3)4,35-14-10-8-11-15-35)36-16-12-9-13-17-36/h8-17,20,23,28-29,33-34,44,50H,18-19,21-22,24-27,30-32H2,1-7H3,(H,46,47)/t33-,34?,43?/m1/s1. The molecule has 12 heteroatoms. The molecule has 1 aliphatic carbocycles. The predicted molar refractivity (Wildman–Crippen MR) is 229 cm³/mol. The number of hydrogen-bond donors (Lipinski definition) is 3. The Bertz CT molecular complexity index is 1810. The summed E-state index contributed by atoms with van der Waals surface area (Å²) in [4.78, 5) is 7.35. The predicted octanol–water partition coefficient (Wildman–Crippen LogP) is 7.51. The zero-order valence-corrected chi connectivity index (χ0v) is 36.0. The van der Waals surface area contributed by atoms with Gasteiger partial charge in [0.25, 0.3) is 8.32 Å². The first-order valence-corrected chi connectivity index (χ1v) is 25.6. The van der Waals surface area contributed by atoms with E-state index in [-0.39, 0.29) is 11.1 Å². The molecule has 296 valence electrons. The van der Waals surface area contributed by atoms with E-state index in [0.29, 0.717) is 69.8 Å². The van der Waals surface area contributed by atoms with E-state index in [0.717, 1.165) is 36.1 Å². The fourth-order valence-corrected chi connectivity index (χ4v) is 13.6. The fourth-order valence-electron chi connectivity index (χ4n) is 8.17. The first kappa shape index (κ1) is 41.0. The van der Waals surface area contributed by atoms with Crippen molar-refractivity contribution in [3.05, 3.63) is 90.1 Å². The number of nitrogens with one attached hydrogen (secondary N) is 2. The molecule has 10 nitrogen and oxygen atoms in total. The Kier molecular flexibility index (Phi) is 12.8. The van der Waals surface area contributed by atoms with Gasteiger partial charge < -0.3 is 34.6 Å². The first-order chi connectivity index (χ1) is 26.2. The lowest BCUT2D eigenvalue weighted by Gasteiger charge is -2.45. The molecule has 55 heavy (non-hydrogen) atoms. The number of hydrogen-bond acceptors (Lipinski definition) is 9. The highest BCUT2D eigenvalue weighted by atomic mass is 28.4. The number of pyridine rings is 1. The van der Waals surface area contributed by atoms with Crippen molar-refractivity contribution in [2.24, 2.45) is 5.92 Å². The highest BCUT2D eigenvalue weighted by Crippen LogP contribution is 2.44. The van der Waals surface area contributed by atoms with Gasteiger partial charge in [-0.15, -0.1) is 0 Å². The van der Waals surface area contributed by atoms with E-state index in [1.54, 1.807) is 10.9 Å². The van der Waals surface area contributed by atoms with Crippen LogP contribution in [-0.2, 0) is 26.2 Å². The van der Waals surface area contributed by atoms with Crippen molar-refractivity contribution < 1.29 is 19.0 Å². The Balaban J connectivity index is 1.26. The van der Waals surface area contributed by atoms with Gasteiger partial charge in [0.1, 0.15) is 24.2 Å². The molecule has 1 saturated carbocycles. The van der Waals surface area contributed by atoms with Gasteiger partial charge in [-0.3, -0.25) is 0 Å². The Labute approximate surface area is 330 Å². The average molecular weight is 783 g/mol. The van der Waals surface area contributed by atoms with Gasteiger partial charge >= 0.3 is 0 Å². The normalized spacial score (nSPS) is 21.1. The summed E-state index contributed by atoms with van der Waals surface area (Å²) < 4.78 is 20.9. The third kappa shape index (κ3) is 9.32. The minimum Gasteiger partial charge on any atom is -0.407 e. The zero-order valence-electron chi connectivity index (χ0n) is 34.0. The zero-order chi connectivity index (χ0) is 39.3. The van der Waals surface area contributed by atoms with E-state index in [9.17, 15) is 5.11 Å². The minimum atomic E-state index is -2.68. The second-order valence-electron chi connectivity index (χ2n) is 17.7. The van der Waals surface area contributed by atoms with Crippen LogP contribution in [0.4, 0.5) is 17.5 Å². The fraction of sp³-hybridized carbons (Fsp3) is 0.512. The molecule has 3 N–H and O–H groups in total. The van der Waals surface area contributed by atoms with Gasteiger partial charge in [-0.2, -0.15) is 5.10 Å². The van der Waals surface area contributed by atoms with E-state index in [4.69, 9.17) is 24.3 Å². The van der Waals surface area contributed by atoms with Crippen molar-refractivity contribution >= 4 is 50.4 Å². The third-order valence-electron chi connectivity index (χ3n) is 11.4. The van der Waals surface area contributed by atoms with Gasteiger partial charge in [0.2, 0.25) is 0 Å².